The highest BCUT2D eigenvalue weighted by Crippen LogP contribution is 2.34. The van der Waals surface area contributed by atoms with Crippen molar-refractivity contribution in [2.24, 2.45) is 0 Å². The lowest BCUT2D eigenvalue weighted by Crippen LogP contribution is -2.55. The number of rotatable bonds is 4. The van der Waals surface area contributed by atoms with Crippen LogP contribution in [0.15, 0.2) is 60.7 Å². The zero-order valence-electron chi connectivity index (χ0n) is 17.5. The van der Waals surface area contributed by atoms with Gasteiger partial charge in [-0.05, 0) is 47.4 Å². The SMILES string of the molecule is OC[C@H]1O[C@@H](c2ccc(Cl)c(Cc3ccc(C#Cc4ccccc4)nn3)c2)[C@H](O)[C@@H](O)[C@@H]1O. The quantitative estimate of drug-likeness (QED) is 0.432. The van der Waals surface area contributed by atoms with Crippen LogP contribution in [0.5, 0.6) is 0 Å². The van der Waals surface area contributed by atoms with Crippen LogP contribution in [0.3, 0.4) is 0 Å². The third-order valence-electron chi connectivity index (χ3n) is 5.49. The number of hydrogen-bond acceptors (Lipinski definition) is 7. The molecule has 8 heteroatoms. The van der Waals surface area contributed by atoms with E-state index in [1.807, 2.05) is 36.4 Å². The van der Waals surface area contributed by atoms with Gasteiger partial charge in [0.05, 0.1) is 12.3 Å². The summed E-state index contributed by atoms with van der Waals surface area (Å²) < 4.78 is 5.64. The molecule has 0 bridgehead atoms. The van der Waals surface area contributed by atoms with Gasteiger partial charge in [0.25, 0.3) is 0 Å². The Kier molecular flexibility index (Phi) is 7.36. The lowest BCUT2D eigenvalue weighted by molar-refractivity contribution is -0.231. The van der Waals surface area contributed by atoms with Crippen LogP contribution in [0.2, 0.25) is 5.02 Å². The predicted octanol–water partition coefficient (Wildman–Crippen LogP) is 1.64. The number of ether oxygens (including phenoxy) is 1. The van der Waals surface area contributed by atoms with E-state index in [2.05, 4.69) is 22.0 Å². The fourth-order valence-electron chi connectivity index (χ4n) is 3.66. The van der Waals surface area contributed by atoms with Gasteiger partial charge in [-0.1, -0.05) is 47.9 Å². The number of aromatic nitrogens is 2. The van der Waals surface area contributed by atoms with Gasteiger partial charge >= 0.3 is 0 Å². The summed E-state index contributed by atoms with van der Waals surface area (Å²) in [5.74, 6) is 6.01. The van der Waals surface area contributed by atoms with E-state index < -0.39 is 37.1 Å². The third kappa shape index (κ3) is 5.40. The van der Waals surface area contributed by atoms with Crippen LogP contribution in [0.4, 0.5) is 0 Å². The number of hydrogen-bond donors (Lipinski definition) is 4. The smallest absolute Gasteiger partial charge is 0.136 e. The van der Waals surface area contributed by atoms with Crippen molar-refractivity contribution in [2.45, 2.75) is 36.9 Å². The zero-order chi connectivity index (χ0) is 23.4. The van der Waals surface area contributed by atoms with Gasteiger partial charge in [0.1, 0.15) is 36.2 Å². The monoisotopic (exact) mass is 466 g/mol. The third-order valence-corrected chi connectivity index (χ3v) is 5.86. The Morgan fingerprint density at radius 2 is 1.67 bits per heavy atom. The largest absolute Gasteiger partial charge is 0.394 e. The predicted molar refractivity (Wildman–Crippen MR) is 121 cm³/mol. The van der Waals surface area contributed by atoms with Gasteiger partial charge in [-0.3, -0.25) is 0 Å². The lowest BCUT2D eigenvalue weighted by Gasteiger charge is -2.40. The molecule has 3 aromatic rings. The molecular weight excluding hydrogens is 444 g/mol. The van der Waals surface area contributed by atoms with Gasteiger partial charge in [0.2, 0.25) is 0 Å². The second-order valence-electron chi connectivity index (χ2n) is 7.80. The van der Waals surface area contributed by atoms with Crippen LogP contribution >= 0.6 is 11.6 Å². The van der Waals surface area contributed by atoms with E-state index >= 15 is 0 Å². The van der Waals surface area contributed by atoms with Crippen molar-refractivity contribution in [1.29, 1.82) is 0 Å². The van der Waals surface area contributed by atoms with Crippen LogP contribution < -0.4 is 0 Å². The first-order valence-electron chi connectivity index (χ1n) is 10.4. The van der Waals surface area contributed by atoms with Gasteiger partial charge in [0, 0.05) is 17.0 Å². The molecule has 0 unspecified atom stereocenters. The second-order valence-corrected chi connectivity index (χ2v) is 8.21. The van der Waals surface area contributed by atoms with E-state index in [1.54, 1.807) is 24.3 Å². The van der Waals surface area contributed by atoms with E-state index in [9.17, 15) is 20.4 Å². The minimum Gasteiger partial charge on any atom is -0.394 e. The van der Waals surface area contributed by atoms with E-state index in [1.165, 1.54) is 0 Å². The Balaban J connectivity index is 1.51. The lowest BCUT2D eigenvalue weighted by atomic mass is 9.90. The highest BCUT2D eigenvalue weighted by atomic mass is 35.5. The van der Waals surface area contributed by atoms with Crippen molar-refractivity contribution in [3.8, 4) is 11.8 Å². The molecule has 4 rings (SSSR count). The van der Waals surface area contributed by atoms with Crippen molar-refractivity contribution in [1.82, 2.24) is 10.2 Å². The maximum Gasteiger partial charge on any atom is 0.136 e. The average molecular weight is 467 g/mol. The number of nitrogens with zero attached hydrogens (tertiary/aromatic N) is 2. The van der Waals surface area contributed by atoms with Crippen LogP contribution in [-0.2, 0) is 11.2 Å². The first kappa shape index (κ1) is 23.3. The molecule has 1 aromatic heterocycles. The Morgan fingerprint density at radius 1 is 0.879 bits per heavy atom. The Bertz CT molecular complexity index is 1140. The van der Waals surface area contributed by atoms with Crippen molar-refractivity contribution in [2.75, 3.05) is 6.61 Å². The zero-order valence-corrected chi connectivity index (χ0v) is 18.3. The summed E-state index contributed by atoms with van der Waals surface area (Å²) >= 11 is 6.37. The number of aliphatic hydroxyl groups is 4. The van der Waals surface area contributed by atoms with Crippen LogP contribution in [0.1, 0.15) is 34.2 Å². The molecule has 2 aromatic carbocycles. The molecule has 1 fully saturated rings. The minimum atomic E-state index is -1.45. The number of aliphatic hydroxyl groups excluding tert-OH is 4. The van der Waals surface area contributed by atoms with E-state index in [-0.39, 0.29) is 0 Å². The van der Waals surface area contributed by atoms with Crippen molar-refractivity contribution in [3.63, 3.8) is 0 Å². The maximum atomic E-state index is 10.4. The Labute approximate surface area is 196 Å². The van der Waals surface area contributed by atoms with Gasteiger partial charge < -0.3 is 25.2 Å². The molecule has 1 saturated heterocycles. The molecule has 0 saturated carbocycles. The van der Waals surface area contributed by atoms with Crippen LogP contribution in [-0.4, -0.2) is 61.6 Å². The molecule has 0 spiro atoms. The molecule has 5 atom stereocenters. The minimum absolute atomic E-state index is 0.378. The fourth-order valence-corrected chi connectivity index (χ4v) is 3.84. The highest BCUT2D eigenvalue weighted by Gasteiger charge is 2.44. The van der Waals surface area contributed by atoms with Gasteiger partial charge in [-0.15, -0.1) is 5.10 Å². The maximum absolute atomic E-state index is 10.4. The van der Waals surface area contributed by atoms with Gasteiger partial charge in [-0.25, -0.2) is 0 Å². The Hall–Kier alpha value is -2.83. The summed E-state index contributed by atoms with van der Waals surface area (Å²) in [6.07, 6.45) is -5.76. The van der Waals surface area contributed by atoms with Gasteiger partial charge in [0.15, 0.2) is 0 Å². The first-order valence-corrected chi connectivity index (χ1v) is 10.8. The summed E-state index contributed by atoms with van der Waals surface area (Å²) in [5.41, 5.74) is 3.39. The summed E-state index contributed by atoms with van der Waals surface area (Å²) in [6.45, 7) is -0.489. The number of halogens is 1. The Morgan fingerprint density at radius 3 is 2.36 bits per heavy atom. The standard InChI is InChI=1S/C25H23ClN2O5/c26-20-11-7-16(25-24(32)23(31)22(30)21(14-29)33-25)12-17(20)13-19-10-9-18(27-28-19)8-6-15-4-2-1-3-5-15/h1-5,7,9-12,21-25,29-32H,13-14H2/t21-,22-,23+,24-,25+/m1/s1. The van der Waals surface area contributed by atoms with Crippen molar-refractivity contribution in [3.05, 3.63) is 93.8 Å². The molecule has 0 aliphatic carbocycles. The number of benzene rings is 2. The van der Waals surface area contributed by atoms with E-state index in [0.29, 0.717) is 28.4 Å². The molecule has 1 aliphatic heterocycles. The topological polar surface area (TPSA) is 116 Å². The summed E-state index contributed by atoms with van der Waals surface area (Å²) in [7, 11) is 0. The normalized spacial score (nSPS) is 24.7. The molecular formula is C25H23ClN2O5. The van der Waals surface area contributed by atoms with Crippen molar-refractivity contribution >= 4 is 11.6 Å². The summed E-state index contributed by atoms with van der Waals surface area (Å²) in [4.78, 5) is 0. The molecule has 0 radical (unpaired) electrons. The van der Waals surface area contributed by atoms with Gasteiger partial charge in [-0.2, -0.15) is 5.10 Å². The highest BCUT2D eigenvalue weighted by molar-refractivity contribution is 6.31. The molecule has 2 heterocycles. The second kappa shape index (κ2) is 10.4. The fraction of sp³-hybridized carbons (Fsp3) is 0.280. The molecule has 1 aliphatic rings. The average Bonchev–Trinajstić information content (AvgIpc) is 2.84. The summed E-state index contributed by atoms with van der Waals surface area (Å²) in [5, 5.41) is 48.8. The van der Waals surface area contributed by atoms with Crippen molar-refractivity contribution < 1.29 is 25.2 Å². The molecule has 0 amide bonds. The van der Waals surface area contributed by atoms with Crippen LogP contribution in [0.25, 0.3) is 0 Å². The van der Waals surface area contributed by atoms with E-state index in [0.717, 1.165) is 11.1 Å². The molecule has 7 nitrogen and oxygen atoms in total. The van der Waals surface area contributed by atoms with Crippen LogP contribution in [0, 0.1) is 11.8 Å². The molecule has 4 N–H and O–H groups in total. The molecule has 33 heavy (non-hydrogen) atoms. The first-order chi connectivity index (χ1) is 16.0. The van der Waals surface area contributed by atoms with E-state index in [4.69, 9.17) is 16.3 Å². The summed E-state index contributed by atoms with van der Waals surface area (Å²) in [6, 6.07) is 18.3. The molecule has 170 valence electrons.